The third-order valence-electron chi connectivity index (χ3n) is 2.00. The predicted molar refractivity (Wildman–Crippen MR) is 31.0 cm³/mol. The molecule has 1 saturated carbocycles. The van der Waals surface area contributed by atoms with Crippen molar-refractivity contribution in [2.45, 2.75) is 32.2 Å². The van der Waals surface area contributed by atoms with Crippen LogP contribution < -0.4 is 5.73 Å². The summed E-state index contributed by atoms with van der Waals surface area (Å²) in [6, 6.07) is 0.546. The van der Waals surface area contributed by atoms with Crippen molar-refractivity contribution in [3.8, 4) is 0 Å². The standard InChI is InChI=1S/C6H13N/c1-2-5-3-4-6(5)7/h5-6H,2-4,7H2,1H3/t5?,6-/m1/s1. The fraction of sp³-hybridized carbons (Fsp3) is 1.00. The Labute approximate surface area is 44.9 Å². The zero-order valence-electron chi connectivity index (χ0n) is 4.85. The van der Waals surface area contributed by atoms with E-state index in [2.05, 4.69) is 6.92 Å². The highest BCUT2D eigenvalue weighted by Crippen LogP contribution is 2.27. The summed E-state index contributed by atoms with van der Waals surface area (Å²) in [6.45, 7) is 2.21. The first-order valence-corrected chi connectivity index (χ1v) is 3.10. The van der Waals surface area contributed by atoms with E-state index in [4.69, 9.17) is 5.73 Å². The molecule has 1 fully saturated rings. The lowest BCUT2D eigenvalue weighted by Crippen LogP contribution is -2.38. The molecule has 0 heterocycles. The van der Waals surface area contributed by atoms with Gasteiger partial charge in [-0.25, -0.2) is 0 Å². The lowest BCUT2D eigenvalue weighted by atomic mass is 9.79. The normalized spacial score (nSPS) is 40.3. The van der Waals surface area contributed by atoms with Gasteiger partial charge in [-0.15, -0.1) is 0 Å². The van der Waals surface area contributed by atoms with Crippen molar-refractivity contribution in [3.63, 3.8) is 0 Å². The Bertz CT molecular complexity index is 59.2. The van der Waals surface area contributed by atoms with Crippen LogP contribution in [0.5, 0.6) is 0 Å². The van der Waals surface area contributed by atoms with E-state index < -0.39 is 0 Å². The minimum atomic E-state index is 0.546. The maximum absolute atomic E-state index is 5.63. The highest BCUT2D eigenvalue weighted by molar-refractivity contribution is 4.81. The van der Waals surface area contributed by atoms with Gasteiger partial charge in [0, 0.05) is 6.04 Å². The minimum Gasteiger partial charge on any atom is -0.327 e. The van der Waals surface area contributed by atoms with Crippen LogP contribution in [0.15, 0.2) is 0 Å². The van der Waals surface area contributed by atoms with Gasteiger partial charge in [0.15, 0.2) is 0 Å². The van der Waals surface area contributed by atoms with Crippen LogP contribution in [0.4, 0.5) is 0 Å². The third-order valence-corrected chi connectivity index (χ3v) is 2.00. The van der Waals surface area contributed by atoms with Gasteiger partial charge in [0.1, 0.15) is 0 Å². The summed E-state index contributed by atoms with van der Waals surface area (Å²) >= 11 is 0. The first-order chi connectivity index (χ1) is 3.34. The summed E-state index contributed by atoms with van der Waals surface area (Å²) in [6.07, 6.45) is 3.91. The van der Waals surface area contributed by atoms with E-state index in [1.807, 2.05) is 0 Å². The Morgan fingerprint density at radius 1 is 1.57 bits per heavy atom. The molecule has 0 aliphatic heterocycles. The monoisotopic (exact) mass is 99.1 g/mol. The Morgan fingerprint density at radius 2 is 2.29 bits per heavy atom. The molecule has 0 aromatic rings. The molecule has 1 aliphatic rings. The second-order valence-electron chi connectivity index (χ2n) is 2.41. The van der Waals surface area contributed by atoms with Gasteiger partial charge in [0.05, 0.1) is 0 Å². The van der Waals surface area contributed by atoms with Gasteiger partial charge < -0.3 is 5.73 Å². The number of hydrogen-bond donors (Lipinski definition) is 1. The zero-order valence-corrected chi connectivity index (χ0v) is 4.85. The zero-order chi connectivity index (χ0) is 5.28. The van der Waals surface area contributed by atoms with Gasteiger partial charge in [0.25, 0.3) is 0 Å². The molecule has 0 aromatic carbocycles. The smallest absolute Gasteiger partial charge is 0.00671 e. The molecule has 0 aromatic heterocycles. The van der Waals surface area contributed by atoms with Crippen LogP contribution in [-0.4, -0.2) is 6.04 Å². The van der Waals surface area contributed by atoms with Crippen LogP contribution >= 0.6 is 0 Å². The van der Waals surface area contributed by atoms with Crippen molar-refractivity contribution >= 4 is 0 Å². The molecule has 1 rings (SSSR count). The van der Waals surface area contributed by atoms with Crippen LogP contribution in [0.1, 0.15) is 26.2 Å². The summed E-state index contributed by atoms with van der Waals surface area (Å²) in [7, 11) is 0. The predicted octanol–water partition coefficient (Wildman–Crippen LogP) is 1.13. The molecule has 0 amide bonds. The van der Waals surface area contributed by atoms with Gasteiger partial charge >= 0.3 is 0 Å². The summed E-state index contributed by atoms with van der Waals surface area (Å²) < 4.78 is 0. The first kappa shape index (κ1) is 5.10. The largest absolute Gasteiger partial charge is 0.327 e. The fourth-order valence-corrected chi connectivity index (χ4v) is 1.10. The SMILES string of the molecule is CCC1CC[C@H]1N. The number of hydrogen-bond acceptors (Lipinski definition) is 1. The van der Waals surface area contributed by atoms with E-state index in [-0.39, 0.29) is 0 Å². The van der Waals surface area contributed by atoms with Crippen LogP contribution in [0.2, 0.25) is 0 Å². The van der Waals surface area contributed by atoms with E-state index >= 15 is 0 Å². The highest BCUT2D eigenvalue weighted by Gasteiger charge is 2.24. The molecule has 1 aliphatic carbocycles. The molecule has 0 saturated heterocycles. The van der Waals surface area contributed by atoms with Gasteiger partial charge in [-0.2, -0.15) is 0 Å². The van der Waals surface area contributed by atoms with Gasteiger partial charge in [-0.1, -0.05) is 13.3 Å². The number of rotatable bonds is 1. The third kappa shape index (κ3) is 0.778. The van der Waals surface area contributed by atoms with Crippen molar-refractivity contribution in [2.24, 2.45) is 11.7 Å². The molecule has 0 radical (unpaired) electrons. The second kappa shape index (κ2) is 1.83. The lowest BCUT2D eigenvalue weighted by Gasteiger charge is -2.32. The van der Waals surface area contributed by atoms with Crippen molar-refractivity contribution < 1.29 is 0 Å². The summed E-state index contributed by atoms with van der Waals surface area (Å²) in [5.74, 6) is 0.861. The number of nitrogens with two attached hydrogens (primary N) is 1. The highest BCUT2D eigenvalue weighted by atomic mass is 14.7. The molecule has 2 N–H and O–H groups in total. The quantitative estimate of drug-likeness (QED) is 0.524. The molecule has 1 unspecified atom stereocenters. The summed E-state index contributed by atoms with van der Waals surface area (Å²) in [4.78, 5) is 0. The van der Waals surface area contributed by atoms with Crippen molar-refractivity contribution in [1.29, 1.82) is 0 Å². The van der Waals surface area contributed by atoms with E-state index in [0.717, 1.165) is 5.92 Å². The Kier molecular flexibility index (Phi) is 1.33. The van der Waals surface area contributed by atoms with Crippen LogP contribution in [0.3, 0.4) is 0 Å². The molecular formula is C6H13N. The molecule has 7 heavy (non-hydrogen) atoms. The van der Waals surface area contributed by atoms with E-state index in [1.54, 1.807) is 0 Å². The van der Waals surface area contributed by atoms with Crippen molar-refractivity contribution in [1.82, 2.24) is 0 Å². The maximum atomic E-state index is 5.63. The Hall–Kier alpha value is -0.0400. The first-order valence-electron chi connectivity index (χ1n) is 3.10. The Balaban J connectivity index is 2.16. The summed E-state index contributed by atoms with van der Waals surface area (Å²) in [5.41, 5.74) is 5.63. The molecule has 2 atom stereocenters. The lowest BCUT2D eigenvalue weighted by molar-refractivity contribution is 0.250. The van der Waals surface area contributed by atoms with Crippen molar-refractivity contribution in [3.05, 3.63) is 0 Å². The van der Waals surface area contributed by atoms with Gasteiger partial charge in [0.2, 0.25) is 0 Å². The van der Waals surface area contributed by atoms with Crippen molar-refractivity contribution in [2.75, 3.05) is 0 Å². The summed E-state index contributed by atoms with van der Waals surface area (Å²) in [5, 5.41) is 0. The molecule has 0 spiro atoms. The van der Waals surface area contributed by atoms with Crippen LogP contribution in [-0.2, 0) is 0 Å². The van der Waals surface area contributed by atoms with Gasteiger partial charge in [-0.05, 0) is 18.8 Å². The van der Waals surface area contributed by atoms with Crippen LogP contribution in [0.25, 0.3) is 0 Å². The molecular weight excluding hydrogens is 86.1 g/mol. The second-order valence-corrected chi connectivity index (χ2v) is 2.41. The van der Waals surface area contributed by atoms with Gasteiger partial charge in [-0.3, -0.25) is 0 Å². The fourth-order valence-electron chi connectivity index (χ4n) is 1.10. The Morgan fingerprint density at radius 3 is 2.29 bits per heavy atom. The molecule has 0 bridgehead atoms. The van der Waals surface area contributed by atoms with E-state index in [0.29, 0.717) is 6.04 Å². The van der Waals surface area contributed by atoms with E-state index in [9.17, 15) is 0 Å². The maximum Gasteiger partial charge on any atom is 0.00671 e. The molecule has 1 heteroatoms. The van der Waals surface area contributed by atoms with Crippen LogP contribution in [0, 0.1) is 5.92 Å². The average molecular weight is 99.2 g/mol. The topological polar surface area (TPSA) is 26.0 Å². The molecule has 42 valence electrons. The minimum absolute atomic E-state index is 0.546. The van der Waals surface area contributed by atoms with E-state index in [1.165, 1.54) is 19.3 Å². The average Bonchev–Trinajstić information content (AvgIpc) is 1.65. The molecule has 1 nitrogen and oxygen atoms in total.